The van der Waals surface area contributed by atoms with Crippen molar-refractivity contribution in [2.75, 3.05) is 45.8 Å². The van der Waals surface area contributed by atoms with Crippen LogP contribution in [0.1, 0.15) is 12.8 Å². The van der Waals surface area contributed by atoms with E-state index in [1.54, 1.807) is 26.4 Å². The highest BCUT2D eigenvalue weighted by atomic mass is 35.5. The summed E-state index contributed by atoms with van der Waals surface area (Å²) in [5.41, 5.74) is 0.719. The van der Waals surface area contributed by atoms with Gasteiger partial charge in [-0.1, -0.05) is 0 Å². The summed E-state index contributed by atoms with van der Waals surface area (Å²) >= 11 is 0. The number of rotatable bonds is 7. The topological polar surface area (TPSA) is 68.8 Å². The van der Waals surface area contributed by atoms with Gasteiger partial charge in [0.15, 0.2) is 11.5 Å². The van der Waals surface area contributed by atoms with Gasteiger partial charge in [-0.15, -0.1) is 12.4 Å². The van der Waals surface area contributed by atoms with Crippen molar-refractivity contribution in [3.8, 4) is 11.5 Å². The standard InChI is InChI=1S/C16H24N2O4.ClH/c1-20-9-10-22-15-11-13(3-4-14(15)21-2)18-16(19)12-5-7-17-8-6-12;/h3-4,11-12,17H,5-10H2,1-2H3,(H,18,19);1H. The van der Waals surface area contributed by atoms with Crippen molar-refractivity contribution in [3.05, 3.63) is 18.2 Å². The number of benzene rings is 1. The molecule has 1 aromatic rings. The van der Waals surface area contributed by atoms with Crippen LogP contribution in [0.25, 0.3) is 0 Å². The van der Waals surface area contributed by atoms with Crippen LogP contribution in [0, 0.1) is 5.92 Å². The zero-order valence-corrected chi connectivity index (χ0v) is 14.4. The summed E-state index contributed by atoms with van der Waals surface area (Å²) in [5, 5.41) is 6.22. The van der Waals surface area contributed by atoms with E-state index in [4.69, 9.17) is 14.2 Å². The van der Waals surface area contributed by atoms with Crippen LogP contribution >= 0.6 is 12.4 Å². The Kier molecular flexibility index (Phi) is 8.76. The number of hydrogen-bond donors (Lipinski definition) is 2. The first-order chi connectivity index (χ1) is 10.7. The number of hydrogen-bond acceptors (Lipinski definition) is 5. The first kappa shape index (κ1) is 19.5. The second-order valence-electron chi connectivity index (χ2n) is 5.22. The van der Waals surface area contributed by atoms with Crippen LogP contribution in [0.5, 0.6) is 11.5 Å². The Hall–Kier alpha value is -1.50. The molecule has 1 heterocycles. The van der Waals surface area contributed by atoms with Crippen molar-refractivity contribution in [1.82, 2.24) is 5.32 Å². The minimum Gasteiger partial charge on any atom is -0.493 e. The molecule has 1 aliphatic heterocycles. The molecular formula is C16H25ClN2O4. The Labute approximate surface area is 143 Å². The highest BCUT2D eigenvalue weighted by Crippen LogP contribution is 2.30. The molecule has 0 saturated carbocycles. The summed E-state index contributed by atoms with van der Waals surface area (Å²) < 4.78 is 15.9. The molecule has 0 radical (unpaired) electrons. The molecule has 0 atom stereocenters. The smallest absolute Gasteiger partial charge is 0.227 e. The van der Waals surface area contributed by atoms with Crippen LogP contribution in [0.2, 0.25) is 0 Å². The van der Waals surface area contributed by atoms with E-state index in [2.05, 4.69) is 10.6 Å². The lowest BCUT2D eigenvalue weighted by Gasteiger charge is -2.22. The lowest BCUT2D eigenvalue weighted by Crippen LogP contribution is -2.34. The van der Waals surface area contributed by atoms with E-state index in [9.17, 15) is 4.79 Å². The minimum atomic E-state index is 0. The molecule has 0 unspecified atom stereocenters. The number of methoxy groups -OCH3 is 2. The van der Waals surface area contributed by atoms with Crippen LogP contribution in [0.4, 0.5) is 5.69 Å². The normalized spacial score (nSPS) is 14.7. The summed E-state index contributed by atoms with van der Waals surface area (Å²) in [6.45, 7) is 2.71. The molecule has 0 spiro atoms. The average Bonchev–Trinajstić information content (AvgIpc) is 2.56. The molecule has 2 N–H and O–H groups in total. The van der Waals surface area contributed by atoms with E-state index in [-0.39, 0.29) is 24.2 Å². The number of anilines is 1. The Balaban J connectivity index is 0.00000264. The Morgan fingerprint density at radius 1 is 1.22 bits per heavy atom. The van der Waals surface area contributed by atoms with E-state index in [1.165, 1.54) is 0 Å². The number of carbonyl (C=O) groups is 1. The van der Waals surface area contributed by atoms with Gasteiger partial charge < -0.3 is 24.8 Å². The molecular weight excluding hydrogens is 320 g/mol. The molecule has 0 aromatic heterocycles. The van der Waals surface area contributed by atoms with Gasteiger partial charge in [0.1, 0.15) is 6.61 Å². The van der Waals surface area contributed by atoms with Crippen molar-refractivity contribution >= 4 is 24.0 Å². The van der Waals surface area contributed by atoms with Gasteiger partial charge in [0.25, 0.3) is 0 Å². The highest BCUT2D eigenvalue weighted by molar-refractivity contribution is 5.93. The van der Waals surface area contributed by atoms with Crippen molar-refractivity contribution < 1.29 is 19.0 Å². The third kappa shape index (κ3) is 5.89. The van der Waals surface area contributed by atoms with Crippen LogP contribution in [-0.4, -0.2) is 46.4 Å². The lowest BCUT2D eigenvalue weighted by atomic mass is 9.97. The molecule has 1 amide bonds. The number of carbonyl (C=O) groups excluding carboxylic acids is 1. The molecule has 2 rings (SSSR count). The lowest BCUT2D eigenvalue weighted by molar-refractivity contribution is -0.120. The predicted octanol–water partition coefficient (Wildman–Crippen LogP) is 2.08. The molecule has 23 heavy (non-hydrogen) atoms. The average molecular weight is 345 g/mol. The summed E-state index contributed by atoms with van der Waals surface area (Å²) in [6.07, 6.45) is 1.75. The molecule has 130 valence electrons. The second kappa shape index (κ2) is 10.3. The molecule has 1 saturated heterocycles. The van der Waals surface area contributed by atoms with Crippen LogP contribution in [-0.2, 0) is 9.53 Å². The Morgan fingerprint density at radius 3 is 2.61 bits per heavy atom. The summed E-state index contributed by atoms with van der Waals surface area (Å²) in [6, 6.07) is 5.40. The molecule has 1 aromatic carbocycles. The number of ether oxygens (including phenoxy) is 3. The van der Waals surface area contributed by atoms with E-state index in [1.807, 2.05) is 6.07 Å². The van der Waals surface area contributed by atoms with Gasteiger partial charge in [-0.3, -0.25) is 4.79 Å². The zero-order valence-electron chi connectivity index (χ0n) is 13.6. The Bertz CT molecular complexity index is 493. The maximum Gasteiger partial charge on any atom is 0.227 e. The molecule has 0 bridgehead atoms. The van der Waals surface area contributed by atoms with Crippen molar-refractivity contribution in [2.45, 2.75) is 12.8 Å². The maximum absolute atomic E-state index is 12.3. The van der Waals surface area contributed by atoms with E-state index in [0.29, 0.717) is 24.7 Å². The van der Waals surface area contributed by atoms with Crippen LogP contribution in [0.3, 0.4) is 0 Å². The van der Waals surface area contributed by atoms with Crippen LogP contribution < -0.4 is 20.1 Å². The molecule has 1 aliphatic rings. The second-order valence-corrected chi connectivity index (χ2v) is 5.22. The van der Waals surface area contributed by atoms with Gasteiger partial charge in [0.05, 0.1) is 13.7 Å². The minimum absolute atomic E-state index is 0. The van der Waals surface area contributed by atoms with Crippen molar-refractivity contribution in [1.29, 1.82) is 0 Å². The predicted molar refractivity (Wildman–Crippen MR) is 91.8 cm³/mol. The largest absolute Gasteiger partial charge is 0.493 e. The summed E-state index contributed by atoms with van der Waals surface area (Å²) in [4.78, 5) is 12.3. The van der Waals surface area contributed by atoms with E-state index < -0.39 is 0 Å². The summed E-state index contributed by atoms with van der Waals surface area (Å²) in [7, 11) is 3.21. The molecule has 7 heteroatoms. The van der Waals surface area contributed by atoms with Gasteiger partial charge >= 0.3 is 0 Å². The third-order valence-corrected chi connectivity index (χ3v) is 3.69. The Morgan fingerprint density at radius 2 is 1.96 bits per heavy atom. The fourth-order valence-corrected chi connectivity index (χ4v) is 2.43. The maximum atomic E-state index is 12.3. The molecule has 1 fully saturated rings. The van der Waals surface area contributed by atoms with Crippen LogP contribution in [0.15, 0.2) is 18.2 Å². The van der Waals surface area contributed by atoms with Gasteiger partial charge in [-0.2, -0.15) is 0 Å². The molecule has 6 nitrogen and oxygen atoms in total. The van der Waals surface area contributed by atoms with Gasteiger partial charge in [0.2, 0.25) is 5.91 Å². The van der Waals surface area contributed by atoms with Gasteiger partial charge in [-0.25, -0.2) is 0 Å². The molecule has 0 aliphatic carbocycles. The third-order valence-electron chi connectivity index (χ3n) is 3.69. The number of nitrogens with one attached hydrogen (secondary N) is 2. The number of amides is 1. The van der Waals surface area contributed by atoms with Crippen molar-refractivity contribution in [3.63, 3.8) is 0 Å². The van der Waals surface area contributed by atoms with E-state index in [0.717, 1.165) is 31.6 Å². The quantitative estimate of drug-likeness (QED) is 0.741. The van der Waals surface area contributed by atoms with Gasteiger partial charge in [-0.05, 0) is 38.1 Å². The zero-order chi connectivity index (χ0) is 15.8. The number of piperidine rings is 1. The fraction of sp³-hybridized carbons (Fsp3) is 0.562. The van der Waals surface area contributed by atoms with E-state index >= 15 is 0 Å². The SMILES string of the molecule is COCCOc1cc(NC(=O)C2CCNCC2)ccc1OC.Cl. The first-order valence-electron chi connectivity index (χ1n) is 7.56. The van der Waals surface area contributed by atoms with Gasteiger partial charge in [0, 0.05) is 24.8 Å². The first-order valence-corrected chi connectivity index (χ1v) is 7.56. The fourth-order valence-electron chi connectivity index (χ4n) is 2.43. The highest BCUT2D eigenvalue weighted by Gasteiger charge is 2.21. The van der Waals surface area contributed by atoms with Crippen molar-refractivity contribution in [2.24, 2.45) is 5.92 Å². The number of halogens is 1. The monoisotopic (exact) mass is 344 g/mol. The summed E-state index contributed by atoms with van der Waals surface area (Å²) in [5.74, 6) is 1.37.